The van der Waals surface area contributed by atoms with E-state index in [4.69, 9.17) is 0 Å². The van der Waals surface area contributed by atoms with Crippen LogP contribution in [0.4, 0.5) is 5.69 Å². The van der Waals surface area contributed by atoms with Gasteiger partial charge in [-0.25, -0.2) is 14.6 Å². The first-order chi connectivity index (χ1) is 9.24. The van der Waals surface area contributed by atoms with Crippen molar-refractivity contribution in [2.75, 3.05) is 5.32 Å². The first kappa shape index (κ1) is 12.1. The van der Waals surface area contributed by atoms with Crippen molar-refractivity contribution in [1.29, 1.82) is 0 Å². The molecule has 0 saturated heterocycles. The molecule has 1 aromatic carbocycles. The van der Waals surface area contributed by atoms with E-state index >= 15 is 0 Å². The third-order valence-corrected chi connectivity index (χ3v) is 3.71. The molecular formula is C13H15N5S. The summed E-state index contributed by atoms with van der Waals surface area (Å²) < 4.78 is 3.12. The van der Waals surface area contributed by atoms with Crippen LogP contribution in [0.25, 0.3) is 10.2 Å². The molecule has 3 aromatic rings. The zero-order chi connectivity index (χ0) is 13.2. The van der Waals surface area contributed by atoms with Crippen LogP contribution < -0.4 is 5.32 Å². The molecule has 0 unspecified atom stereocenters. The Bertz CT molecular complexity index is 685. The maximum absolute atomic E-state index is 4.28. The Kier molecular flexibility index (Phi) is 3.16. The van der Waals surface area contributed by atoms with Crippen molar-refractivity contribution >= 4 is 27.2 Å². The van der Waals surface area contributed by atoms with E-state index in [2.05, 4.69) is 40.3 Å². The van der Waals surface area contributed by atoms with Crippen LogP contribution in [0.5, 0.6) is 0 Å². The molecule has 2 aromatic heterocycles. The van der Waals surface area contributed by atoms with Gasteiger partial charge in [0.05, 0.1) is 22.3 Å². The van der Waals surface area contributed by atoms with Crippen molar-refractivity contribution in [2.24, 2.45) is 0 Å². The highest BCUT2D eigenvalue weighted by Crippen LogP contribution is 2.22. The fourth-order valence-corrected chi connectivity index (χ4v) is 2.69. The van der Waals surface area contributed by atoms with Crippen LogP contribution in [-0.4, -0.2) is 19.7 Å². The lowest BCUT2D eigenvalue weighted by Gasteiger charge is -2.10. The molecule has 1 N–H and O–H groups in total. The van der Waals surface area contributed by atoms with Crippen LogP contribution in [0.15, 0.2) is 30.0 Å². The SMILES string of the molecule is CC(C)n1ncnc1CNc1ccc2ncsc2c1. The molecule has 5 nitrogen and oxygen atoms in total. The van der Waals surface area contributed by atoms with Gasteiger partial charge < -0.3 is 5.32 Å². The van der Waals surface area contributed by atoms with Gasteiger partial charge in [0.1, 0.15) is 12.2 Å². The second-order valence-electron chi connectivity index (χ2n) is 4.60. The molecule has 6 heteroatoms. The summed E-state index contributed by atoms with van der Waals surface area (Å²) in [6.07, 6.45) is 1.60. The van der Waals surface area contributed by atoms with E-state index in [0.717, 1.165) is 17.0 Å². The van der Waals surface area contributed by atoms with E-state index in [1.165, 1.54) is 4.70 Å². The summed E-state index contributed by atoms with van der Waals surface area (Å²) in [6.45, 7) is 4.87. The average molecular weight is 273 g/mol. The minimum Gasteiger partial charge on any atom is -0.378 e. The highest BCUT2D eigenvalue weighted by Gasteiger charge is 2.07. The first-order valence-electron chi connectivity index (χ1n) is 6.19. The standard InChI is InChI=1S/C13H15N5S/c1-9(2)18-13(15-7-17-18)6-14-10-3-4-11-12(5-10)19-8-16-11/h3-5,7-9,14H,6H2,1-2H3. The van der Waals surface area contributed by atoms with Gasteiger partial charge in [0.25, 0.3) is 0 Å². The molecule has 0 spiro atoms. The van der Waals surface area contributed by atoms with Gasteiger partial charge >= 0.3 is 0 Å². The molecule has 0 amide bonds. The lowest BCUT2D eigenvalue weighted by Crippen LogP contribution is -2.11. The number of aromatic nitrogens is 4. The molecule has 3 rings (SSSR count). The summed E-state index contributed by atoms with van der Waals surface area (Å²) in [5.41, 5.74) is 3.99. The van der Waals surface area contributed by atoms with Crippen LogP contribution in [-0.2, 0) is 6.54 Å². The van der Waals surface area contributed by atoms with E-state index in [9.17, 15) is 0 Å². The minimum absolute atomic E-state index is 0.322. The third-order valence-electron chi connectivity index (χ3n) is 2.92. The van der Waals surface area contributed by atoms with Crippen LogP contribution in [0.1, 0.15) is 25.7 Å². The minimum atomic E-state index is 0.322. The monoisotopic (exact) mass is 273 g/mol. The molecule has 0 aliphatic heterocycles. The Hall–Kier alpha value is -1.95. The number of hydrogen-bond acceptors (Lipinski definition) is 5. The third kappa shape index (κ3) is 2.44. The maximum Gasteiger partial charge on any atom is 0.146 e. The van der Waals surface area contributed by atoms with Crippen molar-refractivity contribution in [1.82, 2.24) is 19.7 Å². The summed E-state index contributed by atoms with van der Waals surface area (Å²) in [4.78, 5) is 8.56. The smallest absolute Gasteiger partial charge is 0.146 e. The number of anilines is 1. The highest BCUT2D eigenvalue weighted by atomic mass is 32.1. The lowest BCUT2D eigenvalue weighted by molar-refractivity contribution is 0.509. The van der Waals surface area contributed by atoms with E-state index in [1.54, 1.807) is 17.7 Å². The molecule has 2 heterocycles. The Labute approximate surface area is 115 Å². The van der Waals surface area contributed by atoms with Crippen LogP contribution in [0.2, 0.25) is 0 Å². The zero-order valence-electron chi connectivity index (χ0n) is 10.9. The number of benzene rings is 1. The van der Waals surface area contributed by atoms with Crippen LogP contribution in [0, 0.1) is 0 Å². The molecule has 0 bridgehead atoms. The highest BCUT2D eigenvalue weighted by molar-refractivity contribution is 7.16. The molecule has 0 fully saturated rings. The first-order valence-corrected chi connectivity index (χ1v) is 7.07. The number of rotatable bonds is 4. The molecular weight excluding hydrogens is 258 g/mol. The van der Waals surface area contributed by atoms with Gasteiger partial charge in [-0.1, -0.05) is 0 Å². The molecule has 0 aliphatic rings. The van der Waals surface area contributed by atoms with Crippen molar-refractivity contribution in [3.63, 3.8) is 0 Å². The van der Waals surface area contributed by atoms with Gasteiger partial charge in [-0.15, -0.1) is 11.3 Å². The van der Waals surface area contributed by atoms with E-state index in [-0.39, 0.29) is 0 Å². The van der Waals surface area contributed by atoms with Gasteiger partial charge in [-0.3, -0.25) is 0 Å². The fraction of sp³-hybridized carbons (Fsp3) is 0.308. The molecule has 0 radical (unpaired) electrons. The summed E-state index contributed by atoms with van der Waals surface area (Å²) in [5.74, 6) is 0.944. The molecule has 19 heavy (non-hydrogen) atoms. The number of hydrogen-bond donors (Lipinski definition) is 1. The molecule has 0 saturated carbocycles. The number of nitrogens with one attached hydrogen (secondary N) is 1. The van der Waals surface area contributed by atoms with Gasteiger partial charge in [0.15, 0.2) is 0 Å². The zero-order valence-corrected chi connectivity index (χ0v) is 11.7. The average Bonchev–Trinajstić information content (AvgIpc) is 3.04. The van der Waals surface area contributed by atoms with Crippen molar-refractivity contribution < 1.29 is 0 Å². The van der Waals surface area contributed by atoms with Gasteiger partial charge in [0.2, 0.25) is 0 Å². The predicted molar refractivity (Wildman–Crippen MR) is 77.4 cm³/mol. The van der Waals surface area contributed by atoms with E-state index < -0.39 is 0 Å². The number of fused-ring (bicyclic) bond motifs is 1. The van der Waals surface area contributed by atoms with Crippen molar-refractivity contribution in [3.05, 3.63) is 35.9 Å². The Morgan fingerprint density at radius 3 is 3.05 bits per heavy atom. The molecule has 0 atom stereocenters. The van der Waals surface area contributed by atoms with E-state index in [1.807, 2.05) is 22.3 Å². The quantitative estimate of drug-likeness (QED) is 0.793. The van der Waals surface area contributed by atoms with Gasteiger partial charge in [-0.2, -0.15) is 5.10 Å². The Morgan fingerprint density at radius 2 is 2.21 bits per heavy atom. The largest absolute Gasteiger partial charge is 0.378 e. The molecule has 98 valence electrons. The number of nitrogens with zero attached hydrogens (tertiary/aromatic N) is 4. The maximum atomic E-state index is 4.28. The summed E-state index contributed by atoms with van der Waals surface area (Å²) in [5, 5.41) is 7.61. The number of thiazole rings is 1. The summed E-state index contributed by atoms with van der Waals surface area (Å²) >= 11 is 1.65. The molecule has 0 aliphatic carbocycles. The normalized spacial score (nSPS) is 11.3. The van der Waals surface area contributed by atoms with E-state index in [0.29, 0.717) is 12.6 Å². The van der Waals surface area contributed by atoms with Crippen molar-refractivity contribution in [2.45, 2.75) is 26.4 Å². The second-order valence-corrected chi connectivity index (χ2v) is 5.49. The topological polar surface area (TPSA) is 55.6 Å². The summed E-state index contributed by atoms with van der Waals surface area (Å²) in [6, 6.07) is 6.51. The fourth-order valence-electron chi connectivity index (χ4n) is 1.98. The second kappa shape index (κ2) is 4.97. The van der Waals surface area contributed by atoms with Crippen LogP contribution in [0.3, 0.4) is 0 Å². The van der Waals surface area contributed by atoms with Crippen LogP contribution >= 0.6 is 11.3 Å². The lowest BCUT2D eigenvalue weighted by atomic mass is 10.3. The predicted octanol–water partition coefficient (Wildman–Crippen LogP) is 3.08. The van der Waals surface area contributed by atoms with Crippen molar-refractivity contribution in [3.8, 4) is 0 Å². The van der Waals surface area contributed by atoms with Gasteiger partial charge in [-0.05, 0) is 32.0 Å². The summed E-state index contributed by atoms with van der Waals surface area (Å²) in [7, 11) is 0. The Balaban J connectivity index is 1.76. The van der Waals surface area contributed by atoms with Gasteiger partial charge in [0, 0.05) is 11.7 Å². The Morgan fingerprint density at radius 1 is 1.32 bits per heavy atom.